The van der Waals surface area contributed by atoms with Crippen molar-refractivity contribution in [1.82, 2.24) is 4.98 Å². The number of aryl methyl sites for hydroxylation is 2. The molecule has 0 unspecified atom stereocenters. The molecule has 0 saturated carbocycles. The minimum absolute atomic E-state index is 0.334. The van der Waals surface area contributed by atoms with E-state index in [0.29, 0.717) is 12.1 Å². The zero-order valence-electron chi connectivity index (χ0n) is 11.0. The first-order valence-electron chi connectivity index (χ1n) is 5.97. The lowest BCUT2D eigenvalue weighted by Gasteiger charge is -2.07. The summed E-state index contributed by atoms with van der Waals surface area (Å²) in [4.78, 5) is 5.55. The molecular formula is C15H15N3S. The number of aromatic nitrogens is 1. The quantitative estimate of drug-likeness (QED) is 0.866. The summed E-state index contributed by atoms with van der Waals surface area (Å²) in [5.41, 5.74) is 9.59. The van der Waals surface area contributed by atoms with Crippen molar-refractivity contribution in [3.8, 4) is 6.07 Å². The Morgan fingerprint density at radius 3 is 2.74 bits per heavy atom. The lowest BCUT2D eigenvalue weighted by Crippen LogP contribution is -1.93. The second kappa shape index (κ2) is 5.77. The van der Waals surface area contributed by atoms with Gasteiger partial charge in [-0.15, -0.1) is 0 Å². The number of hydrogen-bond donors (Lipinski definition) is 1. The summed E-state index contributed by atoms with van der Waals surface area (Å²) < 4.78 is 0. The fourth-order valence-corrected chi connectivity index (χ4v) is 2.87. The molecule has 0 radical (unpaired) electrons. The average molecular weight is 269 g/mol. The molecule has 19 heavy (non-hydrogen) atoms. The molecule has 1 aromatic heterocycles. The van der Waals surface area contributed by atoms with Gasteiger partial charge in [0.25, 0.3) is 0 Å². The molecule has 0 aliphatic carbocycles. The van der Waals surface area contributed by atoms with Gasteiger partial charge in [0.2, 0.25) is 0 Å². The summed E-state index contributed by atoms with van der Waals surface area (Å²) in [7, 11) is 0. The molecule has 2 aromatic rings. The first-order valence-corrected chi connectivity index (χ1v) is 6.78. The Kier molecular flexibility index (Phi) is 4.08. The topological polar surface area (TPSA) is 62.7 Å². The Balaban J connectivity index is 2.28. The Hall–Kier alpha value is -1.99. The van der Waals surface area contributed by atoms with Gasteiger partial charge in [0.15, 0.2) is 0 Å². The molecule has 0 amide bonds. The Morgan fingerprint density at radius 1 is 1.26 bits per heavy atom. The van der Waals surface area contributed by atoms with Crippen molar-refractivity contribution in [1.29, 1.82) is 5.26 Å². The second-order valence-electron chi connectivity index (χ2n) is 4.42. The van der Waals surface area contributed by atoms with Gasteiger partial charge in [-0.2, -0.15) is 5.26 Å². The van der Waals surface area contributed by atoms with Crippen molar-refractivity contribution in [2.45, 2.75) is 30.2 Å². The first-order chi connectivity index (χ1) is 9.08. The van der Waals surface area contributed by atoms with Crippen molar-refractivity contribution in [3.63, 3.8) is 0 Å². The van der Waals surface area contributed by atoms with E-state index in [-0.39, 0.29) is 0 Å². The second-order valence-corrected chi connectivity index (χ2v) is 5.52. The number of hydrogen-bond acceptors (Lipinski definition) is 4. The maximum absolute atomic E-state index is 8.77. The van der Waals surface area contributed by atoms with Crippen LogP contribution in [0.3, 0.4) is 0 Å². The maximum atomic E-state index is 8.77. The van der Waals surface area contributed by atoms with Crippen LogP contribution in [0.15, 0.2) is 40.3 Å². The van der Waals surface area contributed by atoms with Crippen molar-refractivity contribution >= 4 is 17.4 Å². The lowest BCUT2D eigenvalue weighted by atomic mass is 10.1. The van der Waals surface area contributed by atoms with Crippen LogP contribution >= 0.6 is 11.8 Å². The molecule has 0 atom stereocenters. The third kappa shape index (κ3) is 3.49. The molecule has 2 N–H and O–H groups in total. The van der Waals surface area contributed by atoms with Gasteiger partial charge < -0.3 is 5.73 Å². The number of rotatable bonds is 3. The van der Waals surface area contributed by atoms with Crippen LogP contribution in [0.1, 0.15) is 16.8 Å². The SMILES string of the molecule is Cc1cc(C)nc(Sc2ccc(N)c(CC#N)c2)c1. The van der Waals surface area contributed by atoms with Crippen LogP contribution in [0.4, 0.5) is 5.69 Å². The maximum Gasteiger partial charge on any atom is 0.101 e. The Labute approximate surface area is 117 Å². The van der Waals surface area contributed by atoms with Crippen LogP contribution in [0.2, 0.25) is 0 Å². The minimum atomic E-state index is 0.334. The van der Waals surface area contributed by atoms with Crippen molar-refractivity contribution < 1.29 is 0 Å². The van der Waals surface area contributed by atoms with Crippen LogP contribution in [0, 0.1) is 25.2 Å². The summed E-state index contributed by atoms with van der Waals surface area (Å²) >= 11 is 1.59. The molecule has 0 aliphatic heterocycles. The van der Waals surface area contributed by atoms with Crippen LogP contribution in [-0.4, -0.2) is 4.98 Å². The van der Waals surface area contributed by atoms with Crippen molar-refractivity contribution in [2.75, 3.05) is 5.73 Å². The van der Waals surface area contributed by atoms with Crippen molar-refractivity contribution in [3.05, 3.63) is 47.2 Å². The first kappa shape index (κ1) is 13.4. The summed E-state index contributed by atoms with van der Waals surface area (Å²) in [5.74, 6) is 0. The number of benzene rings is 1. The fourth-order valence-electron chi connectivity index (χ4n) is 1.86. The van der Waals surface area contributed by atoms with Gasteiger partial charge in [0.1, 0.15) is 5.03 Å². The van der Waals surface area contributed by atoms with E-state index in [1.807, 2.05) is 31.2 Å². The average Bonchev–Trinajstić information content (AvgIpc) is 2.32. The predicted octanol–water partition coefficient (Wildman–Crippen LogP) is 3.50. The van der Waals surface area contributed by atoms with Gasteiger partial charge >= 0.3 is 0 Å². The molecule has 1 aromatic carbocycles. The molecule has 2 rings (SSSR count). The lowest BCUT2D eigenvalue weighted by molar-refractivity contribution is 1.05. The predicted molar refractivity (Wildman–Crippen MR) is 78.0 cm³/mol. The van der Waals surface area contributed by atoms with Crippen molar-refractivity contribution in [2.24, 2.45) is 0 Å². The third-order valence-corrected chi connectivity index (χ3v) is 3.59. The van der Waals surface area contributed by atoms with E-state index in [1.54, 1.807) is 11.8 Å². The van der Waals surface area contributed by atoms with Gasteiger partial charge in [-0.05, 0) is 55.3 Å². The van der Waals surface area contributed by atoms with Crippen LogP contribution in [0.25, 0.3) is 0 Å². The summed E-state index contributed by atoms with van der Waals surface area (Å²) in [6, 6.07) is 12.0. The Bertz CT molecular complexity index is 624. The highest BCUT2D eigenvalue weighted by Crippen LogP contribution is 2.29. The van der Waals surface area contributed by atoms with E-state index in [2.05, 4.69) is 24.0 Å². The number of nitrogens with two attached hydrogens (primary N) is 1. The van der Waals surface area contributed by atoms with Gasteiger partial charge in [-0.3, -0.25) is 0 Å². The molecule has 0 spiro atoms. The van der Waals surface area contributed by atoms with Gasteiger partial charge in [-0.1, -0.05) is 11.8 Å². The summed E-state index contributed by atoms with van der Waals surface area (Å²) in [5, 5.41) is 9.74. The van der Waals surface area contributed by atoms with Gasteiger partial charge in [-0.25, -0.2) is 4.98 Å². The molecule has 4 heteroatoms. The largest absolute Gasteiger partial charge is 0.398 e. The normalized spacial score (nSPS) is 10.2. The molecule has 3 nitrogen and oxygen atoms in total. The number of nitriles is 1. The highest BCUT2D eigenvalue weighted by Gasteiger charge is 2.04. The van der Waals surface area contributed by atoms with Crippen LogP contribution < -0.4 is 5.73 Å². The number of pyridine rings is 1. The van der Waals surface area contributed by atoms with E-state index in [4.69, 9.17) is 11.0 Å². The molecule has 0 aliphatic rings. The molecule has 96 valence electrons. The summed E-state index contributed by atoms with van der Waals surface area (Å²) in [6.45, 7) is 4.05. The highest BCUT2D eigenvalue weighted by atomic mass is 32.2. The third-order valence-electron chi connectivity index (χ3n) is 2.68. The molecule has 1 heterocycles. The number of nitrogen functional groups attached to an aromatic ring is 1. The van der Waals surface area contributed by atoms with E-state index in [0.717, 1.165) is 21.2 Å². The zero-order valence-corrected chi connectivity index (χ0v) is 11.8. The zero-order chi connectivity index (χ0) is 13.8. The van der Waals surface area contributed by atoms with E-state index < -0.39 is 0 Å². The molecule has 0 bridgehead atoms. The number of anilines is 1. The highest BCUT2D eigenvalue weighted by molar-refractivity contribution is 7.99. The standard InChI is InChI=1S/C15H15N3S/c1-10-7-11(2)18-15(8-10)19-13-3-4-14(17)12(9-13)5-6-16/h3-4,7-9H,5,17H2,1-2H3. The molecule has 0 saturated heterocycles. The smallest absolute Gasteiger partial charge is 0.101 e. The van der Waals surface area contributed by atoms with Gasteiger partial charge in [0.05, 0.1) is 12.5 Å². The van der Waals surface area contributed by atoms with Crippen LogP contribution in [0.5, 0.6) is 0 Å². The minimum Gasteiger partial charge on any atom is -0.398 e. The van der Waals surface area contributed by atoms with E-state index in [1.165, 1.54) is 5.56 Å². The Morgan fingerprint density at radius 2 is 2.05 bits per heavy atom. The molecule has 0 fully saturated rings. The van der Waals surface area contributed by atoms with E-state index >= 15 is 0 Å². The number of nitrogens with zero attached hydrogens (tertiary/aromatic N) is 2. The fraction of sp³-hybridized carbons (Fsp3) is 0.200. The monoisotopic (exact) mass is 269 g/mol. The summed E-state index contributed by atoms with van der Waals surface area (Å²) in [6.07, 6.45) is 0.334. The van der Waals surface area contributed by atoms with Gasteiger partial charge in [0, 0.05) is 16.3 Å². The molecular weight excluding hydrogens is 254 g/mol. The van der Waals surface area contributed by atoms with E-state index in [9.17, 15) is 0 Å². The van der Waals surface area contributed by atoms with Crippen LogP contribution in [-0.2, 0) is 6.42 Å².